The molecule has 1 atom stereocenters. The minimum absolute atomic E-state index is 0.130. The second kappa shape index (κ2) is 7.90. The van der Waals surface area contributed by atoms with Crippen LogP contribution in [0.15, 0.2) is 24.3 Å². The van der Waals surface area contributed by atoms with Gasteiger partial charge in [-0.1, -0.05) is 32.9 Å². The summed E-state index contributed by atoms with van der Waals surface area (Å²) in [6.07, 6.45) is 7.38. The Morgan fingerprint density at radius 1 is 1.00 bits per heavy atom. The Labute approximate surface area is 153 Å². The third kappa shape index (κ3) is 4.63. The van der Waals surface area contributed by atoms with Crippen molar-refractivity contribution in [2.24, 2.45) is 0 Å². The van der Waals surface area contributed by atoms with Crippen LogP contribution in [0.25, 0.3) is 0 Å². The Balaban J connectivity index is 1.65. The van der Waals surface area contributed by atoms with Crippen molar-refractivity contribution in [3.8, 4) is 0 Å². The Morgan fingerprint density at radius 2 is 1.64 bits per heavy atom. The van der Waals surface area contributed by atoms with Crippen LogP contribution >= 0.6 is 0 Å². The second-order valence-corrected chi connectivity index (χ2v) is 8.81. The van der Waals surface area contributed by atoms with Crippen LogP contribution in [-0.4, -0.2) is 47.9 Å². The van der Waals surface area contributed by atoms with E-state index in [0.29, 0.717) is 6.04 Å². The molecular formula is C22H34N2O. The molecule has 138 valence electrons. The van der Waals surface area contributed by atoms with Gasteiger partial charge in [0.05, 0.1) is 0 Å². The summed E-state index contributed by atoms with van der Waals surface area (Å²) in [6.45, 7) is 11.2. The first-order valence-corrected chi connectivity index (χ1v) is 10.1. The Bertz CT molecular complexity index is 567. The zero-order chi connectivity index (χ0) is 17.9. The van der Waals surface area contributed by atoms with E-state index >= 15 is 0 Å². The van der Waals surface area contributed by atoms with Crippen LogP contribution in [0.3, 0.4) is 0 Å². The number of benzene rings is 1. The van der Waals surface area contributed by atoms with E-state index in [4.69, 9.17) is 0 Å². The molecule has 0 spiro atoms. The number of carbonyl (C=O) groups excluding carboxylic acids is 1. The average molecular weight is 343 g/mol. The molecule has 2 saturated heterocycles. The second-order valence-electron chi connectivity index (χ2n) is 8.81. The molecule has 0 bridgehead atoms. The minimum Gasteiger partial charge on any atom is -0.336 e. The summed E-state index contributed by atoms with van der Waals surface area (Å²) in [6, 6.07) is 8.71. The standard InChI is InChI=1S/C22H34N2O/c1-22(2,3)19-11-9-18(10-12-19)21(25)24-16-5-4-8-20(24)13-17-23-14-6-7-15-23/h9-12,20H,4-8,13-17H2,1-3H3. The van der Waals surface area contributed by atoms with Crippen LogP contribution in [-0.2, 0) is 5.41 Å². The number of nitrogens with zero attached hydrogens (tertiary/aromatic N) is 2. The predicted octanol–water partition coefficient (Wildman–Crippen LogP) is 4.46. The third-order valence-corrected chi connectivity index (χ3v) is 5.86. The van der Waals surface area contributed by atoms with Crippen LogP contribution in [0.4, 0.5) is 0 Å². The molecule has 0 N–H and O–H groups in total. The monoisotopic (exact) mass is 342 g/mol. The molecule has 2 aliphatic heterocycles. The summed E-state index contributed by atoms with van der Waals surface area (Å²) in [5, 5.41) is 0. The number of carbonyl (C=O) groups is 1. The average Bonchev–Trinajstić information content (AvgIpc) is 3.12. The molecule has 3 rings (SSSR count). The van der Waals surface area contributed by atoms with Gasteiger partial charge in [-0.05, 0) is 74.7 Å². The molecule has 3 heteroatoms. The largest absolute Gasteiger partial charge is 0.336 e. The van der Waals surface area contributed by atoms with E-state index in [2.05, 4.69) is 42.7 Å². The Morgan fingerprint density at radius 3 is 2.28 bits per heavy atom. The number of hydrogen-bond acceptors (Lipinski definition) is 2. The number of rotatable bonds is 4. The van der Waals surface area contributed by atoms with Gasteiger partial charge >= 0.3 is 0 Å². The molecule has 1 unspecified atom stereocenters. The van der Waals surface area contributed by atoms with Crippen molar-refractivity contribution in [3.05, 3.63) is 35.4 Å². The SMILES string of the molecule is CC(C)(C)c1ccc(C(=O)N2CCCCC2CCN2CCCC2)cc1. The highest BCUT2D eigenvalue weighted by Crippen LogP contribution is 2.25. The van der Waals surface area contributed by atoms with Crippen molar-refractivity contribution < 1.29 is 4.79 Å². The summed E-state index contributed by atoms with van der Waals surface area (Å²) in [4.78, 5) is 17.8. The summed E-state index contributed by atoms with van der Waals surface area (Å²) >= 11 is 0. The normalized spacial score (nSPS) is 22.4. The molecule has 2 heterocycles. The molecule has 0 aliphatic carbocycles. The molecule has 2 fully saturated rings. The maximum Gasteiger partial charge on any atom is 0.254 e. The summed E-state index contributed by atoms with van der Waals surface area (Å²) in [7, 11) is 0. The van der Waals surface area contributed by atoms with Crippen LogP contribution in [0.2, 0.25) is 0 Å². The topological polar surface area (TPSA) is 23.6 Å². The fourth-order valence-electron chi connectivity index (χ4n) is 4.18. The molecule has 3 nitrogen and oxygen atoms in total. The molecule has 25 heavy (non-hydrogen) atoms. The predicted molar refractivity (Wildman–Crippen MR) is 104 cm³/mol. The van der Waals surface area contributed by atoms with Gasteiger partial charge in [-0.25, -0.2) is 0 Å². The Hall–Kier alpha value is -1.35. The quantitative estimate of drug-likeness (QED) is 0.806. The lowest BCUT2D eigenvalue weighted by atomic mass is 9.86. The van der Waals surface area contributed by atoms with E-state index in [1.54, 1.807) is 0 Å². The van der Waals surface area contributed by atoms with Gasteiger partial charge < -0.3 is 9.80 Å². The summed E-state index contributed by atoms with van der Waals surface area (Å²) in [5.74, 6) is 0.228. The molecule has 0 saturated carbocycles. The molecule has 0 radical (unpaired) electrons. The van der Waals surface area contributed by atoms with E-state index in [0.717, 1.165) is 31.5 Å². The highest BCUT2D eigenvalue weighted by atomic mass is 16.2. The lowest BCUT2D eigenvalue weighted by Crippen LogP contribution is -2.45. The first-order chi connectivity index (χ1) is 11.9. The van der Waals surface area contributed by atoms with Gasteiger partial charge in [0.15, 0.2) is 0 Å². The maximum absolute atomic E-state index is 13.1. The van der Waals surface area contributed by atoms with E-state index in [1.165, 1.54) is 44.3 Å². The van der Waals surface area contributed by atoms with Gasteiger partial charge in [-0.15, -0.1) is 0 Å². The van der Waals surface area contributed by atoms with Crippen molar-refractivity contribution >= 4 is 5.91 Å². The summed E-state index contributed by atoms with van der Waals surface area (Å²) < 4.78 is 0. The van der Waals surface area contributed by atoms with Crippen molar-refractivity contribution in [1.82, 2.24) is 9.80 Å². The van der Waals surface area contributed by atoms with E-state index in [1.807, 2.05) is 12.1 Å². The highest BCUT2D eigenvalue weighted by Gasteiger charge is 2.28. The lowest BCUT2D eigenvalue weighted by Gasteiger charge is -2.37. The number of piperidine rings is 1. The zero-order valence-electron chi connectivity index (χ0n) is 16.3. The van der Waals surface area contributed by atoms with Crippen molar-refractivity contribution in [3.63, 3.8) is 0 Å². The number of likely N-dealkylation sites (tertiary alicyclic amines) is 2. The van der Waals surface area contributed by atoms with Gasteiger partial charge in [-0.3, -0.25) is 4.79 Å². The molecule has 2 aliphatic rings. The first kappa shape index (κ1) is 18.4. The van der Waals surface area contributed by atoms with Gasteiger partial charge in [0, 0.05) is 24.7 Å². The molecule has 1 amide bonds. The van der Waals surface area contributed by atoms with Gasteiger partial charge in [0.1, 0.15) is 0 Å². The van der Waals surface area contributed by atoms with Gasteiger partial charge in [0.25, 0.3) is 5.91 Å². The summed E-state index contributed by atoms with van der Waals surface area (Å²) in [5.41, 5.74) is 2.26. The van der Waals surface area contributed by atoms with Gasteiger partial charge in [-0.2, -0.15) is 0 Å². The maximum atomic E-state index is 13.1. The fraction of sp³-hybridized carbons (Fsp3) is 0.682. The zero-order valence-corrected chi connectivity index (χ0v) is 16.3. The number of hydrogen-bond donors (Lipinski definition) is 0. The first-order valence-electron chi connectivity index (χ1n) is 10.1. The lowest BCUT2D eigenvalue weighted by molar-refractivity contribution is 0.0588. The Kier molecular flexibility index (Phi) is 5.83. The van der Waals surface area contributed by atoms with Crippen molar-refractivity contribution in [1.29, 1.82) is 0 Å². The van der Waals surface area contributed by atoms with Crippen LogP contribution in [0.5, 0.6) is 0 Å². The van der Waals surface area contributed by atoms with Crippen molar-refractivity contribution in [2.45, 2.75) is 70.8 Å². The molecule has 1 aromatic rings. The van der Waals surface area contributed by atoms with Crippen molar-refractivity contribution in [2.75, 3.05) is 26.2 Å². The van der Waals surface area contributed by atoms with Gasteiger partial charge in [0.2, 0.25) is 0 Å². The highest BCUT2D eigenvalue weighted by molar-refractivity contribution is 5.94. The number of amides is 1. The smallest absolute Gasteiger partial charge is 0.254 e. The van der Waals surface area contributed by atoms with Crippen LogP contribution < -0.4 is 0 Å². The fourth-order valence-corrected chi connectivity index (χ4v) is 4.18. The molecule has 1 aromatic carbocycles. The van der Waals surface area contributed by atoms with Crippen LogP contribution in [0, 0.1) is 0 Å². The molecular weight excluding hydrogens is 308 g/mol. The van der Waals surface area contributed by atoms with E-state index < -0.39 is 0 Å². The minimum atomic E-state index is 0.130. The molecule has 0 aromatic heterocycles. The third-order valence-electron chi connectivity index (χ3n) is 5.86. The van der Waals surface area contributed by atoms with Crippen LogP contribution in [0.1, 0.15) is 75.2 Å². The van der Waals surface area contributed by atoms with E-state index in [9.17, 15) is 4.79 Å². The van der Waals surface area contributed by atoms with E-state index in [-0.39, 0.29) is 11.3 Å².